The lowest BCUT2D eigenvalue weighted by atomic mass is 10.1. The summed E-state index contributed by atoms with van der Waals surface area (Å²) in [6, 6.07) is 9.76. The zero-order valence-corrected chi connectivity index (χ0v) is 12.4. The van der Waals surface area contributed by atoms with Crippen molar-refractivity contribution < 1.29 is 14.3 Å². The van der Waals surface area contributed by atoms with E-state index in [0.717, 1.165) is 23.5 Å². The van der Waals surface area contributed by atoms with Crippen molar-refractivity contribution in [3.8, 4) is 11.5 Å². The standard InChI is InChI=1S/C16H17NO3S/c18-16(17-6-5-13-2-1-9-21-13)11-12-3-4-14-15(10-12)20-8-7-19-14/h1-4,9-10H,5-8,11H2,(H,17,18). The van der Waals surface area contributed by atoms with E-state index in [2.05, 4.69) is 11.4 Å². The summed E-state index contributed by atoms with van der Waals surface area (Å²) in [5.74, 6) is 1.51. The molecule has 1 aliphatic rings. The number of hydrogen-bond donors (Lipinski definition) is 1. The largest absolute Gasteiger partial charge is 0.486 e. The Kier molecular flexibility index (Phi) is 4.40. The predicted octanol–water partition coefficient (Wildman–Crippen LogP) is 2.42. The van der Waals surface area contributed by atoms with Gasteiger partial charge in [0.2, 0.25) is 5.91 Å². The van der Waals surface area contributed by atoms with E-state index in [9.17, 15) is 4.79 Å². The molecule has 0 saturated carbocycles. The summed E-state index contributed by atoms with van der Waals surface area (Å²) < 4.78 is 11.0. The van der Waals surface area contributed by atoms with E-state index in [-0.39, 0.29) is 5.91 Å². The highest BCUT2D eigenvalue weighted by atomic mass is 32.1. The topological polar surface area (TPSA) is 47.6 Å². The zero-order valence-electron chi connectivity index (χ0n) is 11.6. The lowest BCUT2D eigenvalue weighted by Crippen LogP contribution is -2.27. The number of benzene rings is 1. The first-order chi connectivity index (χ1) is 10.3. The molecule has 1 aromatic heterocycles. The molecule has 1 amide bonds. The fraction of sp³-hybridized carbons (Fsp3) is 0.312. The first kappa shape index (κ1) is 13.9. The fourth-order valence-corrected chi connectivity index (χ4v) is 2.93. The van der Waals surface area contributed by atoms with E-state index in [1.165, 1.54) is 4.88 Å². The molecule has 110 valence electrons. The smallest absolute Gasteiger partial charge is 0.224 e. The van der Waals surface area contributed by atoms with Crippen molar-refractivity contribution in [2.75, 3.05) is 19.8 Å². The number of nitrogens with one attached hydrogen (secondary N) is 1. The van der Waals surface area contributed by atoms with Crippen molar-refractivity contribution in [3.63, 3.8) is 0 Å². The number of ether oxygens (including phenoxy) is 2. The van der Waals surface area contributed by atoms with Crippen LogP contribution in [0.1, 0.15) is 10.4 Å². The molecule has 2 heterocycles. The molecule has 3 rings (SSSR count). The number of carbonyl (C=O) groups is 1. The number of rotatable bonds is 5. The molecule has 0 radical (unpaired) electrons. The molecule has 0 saturated heterocycles. The Morgan fingerprint density at radius 1 is 1.19 bits per heavy atom. The van der Waals surface area contributed by atoms with E-state index in [1.807, 2.05) is 29.6 Å². The van der Waals surface area contributed by atoms with Crippen molar-refractivity contribution >= 4 is 17.2 Å². The minimum atomic E-state index is 0.0308. The van der Waals surface area contributed by atoms with Gasteiger partial charge in [0.05, 0.1) is 6.42 Å². The second-order valence-corrected chi connectivity index (χ2v) is 5.87. The van der Waals surface area contributed by atoms with Crippen molar-refractivity contribution in [3.05, 3.63) is 46.2 Å². The minimum Gasteiger partial charge on any atom is -0.486 e. The molecule has 5 heteroatoms. The van der Waals surface area contributed by atoms with Crippen molar-refractivity contribution in [1.29, 1.82) is 0 Å². The molecule has 0 atom stereocenters. The maximum atomic E-state index is 11.9. The summed E-state index contributed by atoms with van der Waals surface area (Å²) in [4.78, 5) is 13.2. The third-order valence-electron chi connectivity index (χ3n) is 3.24. The average Bonchev–Trinajstić information content (AvgIpc) is 3.00. The number of hydrogen-bond acceptors (Lipinski definition) is 4. The van der Waals surface area contributed by atoms with Crippen LogP contribution in [-0.2, 0) is 17.6 Å². The molecule has 1 N–H and O–H groups in total. The van der Waals surface area contributed by atoms with E-state index < -0.39 is 0 Å². The van der Waals surface area contributed by atoms with Crippen LogP contribution in [0.15, 0.2) is 35.7 Å². The summed E-state index contributed by atoms with van der Waals surface area (Å²) >= 11 is 1.71. The third kappa shape index (κ3) is 3.76. The fourth-order valence-electron chi connectivity index (χ4n) is 2.23. The quantitative estimate of drug-likeness (QED) is 0.923. The van der Waals surface area contributed by atoms with Crippen LogP contribution in [0.2, 0.25) is 0 Å². The monoisotopic (exact) mass is 303 g/mol. The molecule has 0 fully saturated rings. The Hall–Kier alpha value is -2.01. The summed E-state index contributed by atoms with van der Waals surface area (Å²) in [5.41, 5.74) is 0.938. The zero-order chi connectivity index (χ0) is 14.5. The minimum absolute atomic E-state index is 0.0308. The summed E-state index contributed by atoms with van der Waals surface area (Å²) in [6.45, 7) is 1.81. The first-order valence-corrected chi connectivity index (χ1v) is 7.87. The van der Waals surface area contributed by atoms with Gasteiger partial charge in [0, 0.05) is 11.4 Å². The Balaban J connectivity index is 1.50. The van der Waals surface area contributed by atoms with Gasteiger partial charge in [-0.2, -0.15) is 0 Å². The molecule has 0 bridgehead atoms. The summed E-state index contributed by atoms with van der Waals surface area (Å²) in [7, 11) is 0. The van der Waals surface area contributed by atoms with E-state index in [0.29, 0.717) is 26.2 Å². The number of fused-ring (bicyclic) bond motifs is 1. The average molecular weight is 303 g/mol. The molecular weight excluding hydrogens is 286 g/mol. The second kappa shape index (κ2) is 6.63. The van der Waals surface area contributed by atoms with Gasteiger partial charge in [-0.05, 0) is 35.6 Å². The van der Waals surface area contributed by atoms with Gasteiger partial charge in [-0.1, -0.05) is 12.1 Å². The van der Waals surface area contributed by atoms with Crippen molar-refractivity contribution in [2.45, 2.75) is 12.8 Å². The van der Waals surface area contributed by atoms with Crippen molar-refractivity contribution in [1.82, 2.24) is 5.32 Å². The van der Waals surface area contributed by atoms with Crippen LogP contribution in [0.25, 0.3) is 0 Å². The SMILES string of the molecule is O=C(Cc1ccc2c(c1)OCCO2)NCCc1cccs1. The number of amides is 1. The highest BCUT2D eigenvalue weighted by Gasteiger charge is 2.13. The van der Waals surface area contributed by atoms with Gasteiger partial charge in [0.15, 0.2) is 11.5 Å². The molecule has 1 aliphatic heterocycles. The van der Waals surface area contributed by atoms with Gasteiger partial charge in [-0.15, -0.1) is 11.3 Å². The number of thiophene rings is 1. The normalized spacial score (nSPS) is 13.0. The van der Waals surface area contributed by atoms with Gasteiger partial charge in [0.25, 0.3) is 0 Å². The molecule has 1 aromatic carbocycles. The Bertz CT molecular complexity index is 610. The lowest BCUT2D eigenvalue weighted by molar-refractivity contribution is -0.120. The van der Waals surface area contributed by atoms with Gasteiger partial charge < -0.3 is 14.8 Å². The third-order valence-corrected chi connectivity index (χ3v) is 4.18. The molecule has 0 unspecified atom stereocenters. The van der Waals surface area contributed by atoms with Crippen molar-refractivity contribution in [2.24, 2.45) is 0 Å². The highest BCUT2D eigenvalue weighted by molar-refractivity contribution is 7.09. The van der Waals surface area contributed by atoms with E-state index in [4.69, 9.17) is 9.47 Å². The molecule has 4 nitrogen and oxygen atoms in total. The Morgan fingerprint density at radius 3 is 2.86 bits per heavy atom. The Labute approximate surface area is 127 Å². The van der Waals surface area contributed by atoms with Gasteiger partial charge >= 0.3 is 0 Å². The number of carbonyl (C=O) groups excluding carboxylic acids is 1. The van der Waals surface area contributed by atoms with Crippen LogP contribution in [0.5, 0.6) is 11.5 Å². The van der Waals surface area contributed by atoms with Crippen LogP contribution in [-0.4, -0.2) is 25.7 Å². The highest BCUT2D eigenvalue weighted by Crippen LogP contribution is 2.30. The molecular formula is C16H17NO3S. The van der Waals surface area contributed by atoms with E-state index >= 15 is 0 Å². The van der Waals surface area contributed by atoms with Gasteiger partial charge in [0.1, 0.15) is 13.2 Å². The predicted molar refractivity (Wildman–Crippen MR) is 82.2 cm³/mol. The summed E-state index contributed by atoms with van der Waals surface area (Å²) in [6.07, 6.45) is 1.24. The lowest BCUT2D eigenvalue weighted by Gasteiger charge is -2.18. The summed E-state index contributed by atoms with van der Waals surface area (Å²) in [5, 5.41) is 4.99. The maximum absolute atomic E-state index is 11.9. The Morgan fingerprint density at radius 2 is 2.05 bits per heavy atom. The molecule has 0 spiro atoms. The maximum Gasteiger partial charge on any atom is 0.224 e. The van der Waals surface area contributed by atoms with Crippen LogP contribution in [0.3, 0.4) is 0 Å². The van der Waals surface area contributed by atoms with Gasteiger partial charge in [-0.3, -0.25) is 4.79 Å². The van der Waals surface area contributed by atoms with Crippen LogP contribution < -0.4 is 14.8 Å². The molecule has 21 heavy (non-hydrogen) atoms. The molecule has 2 aromatic rings. The van der Waals surface area contributed by atoms with Crippen LogP contribution >= 0.6 is 11.3 Å². The first-order valence-electron chi connectivity index (χ1n) is 6.99. The van der Waals surface area contributed by atoms with Crippen LogP contribution in [0.4, 0.5) is 0 Å². The van der Waals surface area contributed by atoms with Crippen LogP contribution in [0, 0.1) is 0 Å². The molecule has 0 aliphatic carbocycles. The van der Waals surface area contributed by atoms with E-state index in [1.54, 1.807) is 11.3 Å². The second-order valence-electron chi connectivity index (χ2n) is 4.83. The van der Waals surface area contributed by atoms with Gasteiger partial charge in [-0.25, -0.2) is 0 Å².